The van der Waals surface area contributed by atoms with Crippen molar-refractivity contribution in [3.8, 4) is 0 Å². The van der Waals surface area contributed by atoms with Crippen LogP contribution in [0, 0.1) is 0 Å². The Balaban J connectivity index is 3.03. The molecule has 112 valence electrons. The van der Waals surface area contributed by atoms with Crippen molar-refractivity contribution in [2.75, 3.05) is 38.9 Å². The second kappa shape index (κ2) is 8.09. The lowest BCUT2D eigenvalue weighted by atomic mass is 10.1. The van der Waals surface area contributed by atoms with Crippen molar-refractivity contribution >= 4 is 23.3 Å². The molecule has 0 aromatic heterocycles. The zero-order chi connectivity index (χ0) is 15.1. The van der Waals surface area contributed by atoms with Gasteiger partial charge in [-0.3, -0.25) is 0 Å². The highest BCUT2D eigenvalue weighted by Gasteiger charge is 2.18. The molecule has 0 aliphatic carbocycles. The van der Waals surface area contributed by atoms with Crippen LogP contribution in [0.5, 0.6) is 0 Å². The molecule has 6 heteroatoms. The molecule has 0 bridgehead atoms. The summed E-state index contributed by atoms with van der Waals surface area (Å²) in [6.07, 6.45) is 0. The summed E-state index contributed by atoms with van der Waals surface area (Å²) in [5.41, 5.74) is 0.947. The third-order valence-electron chi connectivity index (χ3n) is 2.98. The molecular formula is C14H20ClNO4. The van der Waals surface area contributed by atoms with E-state index in [1.165, 1.54) is 6.07 Å². The summed E-state index contributed by atoms with van der Waals surface area (Å²) in [6.45, 7) is 3.75. The minimum Gasteiger partial charge on any atom is -0.478 e. The standard InChI is InChI=1S/C14H20ClNO4/c1-10(9-20-3)16(6-7-19-2)13-5-4-11(14(17)18)8-12(13)15/h4-5,8,10H,6-7,9H2,1-3H3,(H,17,18). The molecule has 1 rings (SSSR count). The Bertz CT molecular complexity index is 453. The van der Waals surface area contributed by atoms with E-state index >= 15 is 0 Å². The van der Waals surface area contributed by atoms with Crippen molar-refractivity contribution in [2.24, 2.45) is 0 Å². The molecular weight excluding hydrogens is 282 g/mol. The Morgan fingerprint density at radius 2 is 2.10 bits per heavy atom. The predicted octanol–water partition coefficient (Wildman–Crippen LogP) is 2.53. The third-order valence-corrected chi connectivity index (χ3v) is 3.28. The lowest BCUT2D eigenvalue weighted by molar-refractivity contribution is 0.0697. The normalized spacial score (nSPS) is 12.2. The lowest BCUT2D eigenvalue weighted by Crippen LogP contribution is -2.38. The van der Waals surface area contributed by atoms with E-state index in [1.54, 1.807) is 26.4 Å². The maximum absolute atomic E-state index is 10.9. The van der Waals surface area contributed by atoms with Gasteiger partial charge in [-0.25, -0.2) is 4.79 Å². The highest BCUT2D eigenvalue weighted by molar-refractivity contribution is 6.33. The van der Waals surface area contributed by atoms with Crippen molar-refractivity contribution in [2.45, 2.75) is 13.0 Å². The summed E-state index contributed by atoms with van der Waals surface area (Å²) in [5.74, 6) is -0.994. The van der Waals surface area contributed by atoms with Crippen LogP contribution >= 0.6 is 11.6 Å². The van der Waals surface area contributed by atoms with Gasteiger partial charge in [-0.2, -0.15) is 0 Å². The molecule has 0 aliphatic rings. The Morgan fingerprint density at radius 3 is 2.60 bits per heavy atom. The van der Waals surface area contributed by atoms with Crippen LogP contribution < -0.4 is 4.90 Å². The van der Waals surface area contributed by atoms with E-state index in [0.29, 0.717) is 24.8 Å². The van der Waals surface area contributed by atoms with Gasteiger partial charge in [0.05, 0.1) is 29.5 Å². The molecule has 0 saturated heterocycles. The monoisotopic (exact) mass is 301 g/mol. The summed E-state index contributed by atoms with van der Waals surface area (Å²) in [7, 11) is 3.27. The number of methoxy groups -OCH3 is 2. The molecule has 1 atom stereocenters. The number of hydrogen-bond acceptors (Lipinski definition) is 4. The maximum atomic E-state index is 10.9. The molecule has 0 spiro atoms. The van der Waals surface area contributed by atoms with E-state index in [9.17, 15) is 4.79 Å². The number of nitrogens with zero attached hydrogens (tertiary/aromatic N) is 1. The number of carbonyl (C=O) groups is 1. The van der Waals surface area contributed by atoms with Gasteiger partial charge in [0.15, 0.2) is 0 Å². The predicted molar refractivity (Wildman–Crippen MR) is 79.0 cm³/mol. The third kappa shape index (κ3) is 4.37. The number of carboxylic acid groups (broad SMARTS) is 1. The first-order chi connectivity index (χ1) is 9.51. The van der Waals surface area contributed by atoms with E-state index in [1.807, 2.05) is 11.8 Å². The second-order valence-corrected chi connectivity index (χ2v) is 4.87. The topological polar surface area (TPSA) is 59.0 Å². The zero-order valence-corrected chi connectivity index (χ0v) is 12.7. The zero-order valence-electron chi connectivity index (χ0n) is 11.9. The molecule has 1 aromatic carbocycles. The highest BCUT2D eigenvalue weighted by atomic mass is 35.5. The van der Waals surface area contributed by atoms with Crippen LogP contribution in [0.4, 0.5) is 5.69 Å². The van der Waals surface area contributed by atoms with Crippen LogP contribution in [0.15, 0.2) is 18.2 Å². The fourth-order valence-corrected chi connectivity index (χ4v) is 2.26. The molecule has 5 nitrogen and oxygen atoms in total. The fourth-order valence-electron chi connectivity index (χ4n) is 1.97. The highest BCUT2D eigenvalue weighted by Crippen LogP contribution is 2.28. The smallest absolute Gasteiger partial charge is 0.335 e. The molecule has 0 amide bonds. The second-order valence-electron chi connectivity index (χ2n) is 4.46. The molecule has 0 fully saturated rings. The molecule has 0 saturated carbocycles. The van der Waals surface area contributed by atoms with E-state index in [0.717, 1.165) is 5.69 Å². The van der Waals surface area contributed by atoms with Crippen molar-refractivity contribution in [3.63, 3.8) is 0 Å². The summed E-state index contributed by atoms with van der Waals surface area (Å²) in [5, 5.41) is 9.37. The van der Waals surface area contributed by atoms with Crippen LogP contribution in [0.1, 0.15) is 17.3 Å². The van der Waals surface area contributed by atoms with E-state index in [2.05, 4.69) is 0 Å². The van der Waals surface area contributed by atoms with Gasteiger partial charge < -0.3 is 19.5 Å². The molecule has 0 aliphatic heterocycles. The largest absolute Gasteiger partial charge is 0.478 e. The van der Waals surface area contributed by atoms with Gasteiger partial charge in [-0.05, 0) is 25.1 Å². The van der Waals surface area contributed by atoms with Crippen LogP contribution in [0.2, 0.25) is 5.02 Å². The first-order valence-corrected chi connectivity index (χ1v) is 6.66. The minimum atomic E-state index is -0.994. The van der Waals surface area contributed by atoms with Gasteiger partial charge in [0.2, 0.25) is 0 Å². The van der Waals surface area contributed by atoms with Gasteiger partial charge in [0.1, 0.15) is 0 Å². The molecule has 20 heavy (non-hydrogen) atoms. The number of halogens is 1. The van der Waals surface area contributed by atoms with Crippen LogP contribution in [0.25, 0.3) is 0 Å². The van der Waals surface area contributed by atoms with E-state index in [4.69, 9.17) is 26.2 Å². The minimum absolute atomic E-state index is 0.100. The average Bonchev–Trinajstić information content (AvgIpc) is 2.40. The van der Waals surface area contributed by atoms with Crippen molar-refractivity contribution in [3.05, 3.63) is 28.8 Å². The van der Waals surface area contributed by atoms with Crippen molar-refractivity contribution in [1.29, 1.82) is 0 Å². The molecule has 1 unspecified atom stereocenters. The molecule has 1 N–H and O–H groups in total. The molecule has 1 aromatic rings. The number of aromatic carboxylic acids is 1. The Hall–Kier alpha value is -1.30. The number of benzene rings is 1. The average molecular weight is 302 g/mol. The molecule has 0 radical (unpaired) electrons. The number of ether oxygens (including phenoxy) is 2. The van der Waals surface area contributed by atoms with Gasteiger partial charge >= 0.3 is 5.97 Å². The number of hydrogen-bond donors (Lipinski definition) is 1. The van der Waals surface area contributed by atoms with Gasteiger partial charge in [0, 0.05) is 26.8 Å². The van der Waals surface area contributed by atoms with Gasteiger partial charge in [0.25, 0.3) is 0 Å². The van der Waals surface area contributed by atoms with E-state index < -0.39 is 5.97 Å². The number of rotatable bonds is 8. The Morgan fingerprint density at radius 1 is 1.40 bits per heavy atom. The number of carboxylic acids is 1. The molecule has 0 heterocycles. The van der Waals surface area contributed by atoms with Gasteiger partial charge in [-0.1, -0.05) is 11.6 Å². The SMILES string of the molecule is COCCN(c1ccc(C(=O)O)cc1Cl)C(C)COC. The maximum Gasteiger partial charge on any atom is 0.335 e. The summed E-state index contributed by atoms with van der Waals surface area (Å²) < 4.78 is 10.3. The van der Waals surface area contributed by atoms with Crippen molar-refractivity contribution < 1.29 is 19.4 Å². The quantitative estimate of drug-likeness (QED) is 0.799. The van der Waals surface area contributed by atoms with Crippen LogP contribution in [-0.2, 0) is 9.47 Å². The van der Waals surface area contributed by atoms with Crippen LogP contribution in [-0.4, -0.2) is 51.1 Å². The lowest BCUT2D eigenvalue weighted by Gasteiger charge is -2.31. The number of anilines is 1. The Labute approximate surface area is 124 Å². The fraction of sp³-hybridized carbons (Fsp3) is 0.500. The summed E-state index contributed by atoms with van der Waals surface area (Å²) in [6, 6.07) is 4.82. The first-order valence-electron chi connectivity index (χ1n) is 6.28. The van der Waals surface area contributed by atoms with E-state index in [-0.39, 0.29) is 11.6 Å². The first kappa shape index (κ1) is 16.8. The Kier molecular flexibility index (Phi) is 6.78. The van der Waals surface area contributed by atoms with Crippen LogP contribution in [0.3, 0.4) is 0 Å². The summed E-state index contributed by atoms with van der Waals surface area (Å²) >= 11 is 6.20. The summed E-state index contributed by atoms with van der Waals surface area (Å²) in [4.78, 5) is 13.0. The van der Waals surface area contributed by atoms with Crippen molar-refractivity contribution in [1.82, 2.24) is 0 Å². The van der Waals surface area contributed by atoms with Gasteiger partial charge in [-0.15, -0.1) is 0 Å².